The van der Waals surface area contributed by atoms with Crippen LogP contribution in [0, 0.1) is 0 Å². The van der Waals surface area contributed by atoms with E-state index in [4.69, 9.17) is 0 Å². The lowest BCUT2D eigenvalue weighted by molar-refractivity contribution is 0.0612. The van der Waals surface area contributed by atoms with E-state index >= 15 is 0 Å². The first-order chi connectivity index (χ1) is 7.11. The fraction of sp³-hybridized carbons (Fsp3) is 0.455. The summed E-state index contributed by atoms with van der Waals surface area (Å²) in [5.41, 5.74) is -0.216. The van der Waals surface area contributed by atoms with E-state index in [9.17, 15) is 15.3 Å². The molecule has 1 fully saturated rings. The van der Waals surface area contributed by atoms with Gasteiger partial charge in [0.25, 0.3) is 0 Å². The van der Waals surface area contributed by atoms with Gasteiger partial charge in [0.05, 0.1) is 5.60 Å². The second-order valence-electron chi connectivity index (χ2n) is 4.11. The number of hydrogen-bond acceptors (Lipinski definition) is 4. The molecule has 0 bridgehead atoms. The molecule has 0 saturated carbocycles. The summed E-state index contributed by atoms with van der Waals surface area (Å²) in [5.74, 6) is -0.264. The Hall–Kier alpha value is -1.26. The summed E-state index contributed by atoms with van der Waals surface area (Å²) in [4.78, 5) is 0. The molecule has 1 aromatic rings. The van der Waals surface area contributed by atoms with E-state index in [0.717, 1.165) is 6.54 Å². The normalized spacial score (nSPS) is 25.7. The molecule has 1 heterocycles. The van der Waals surface area contributed by atoms with Gasteiger partial charge in [-0.2, -0.15) is 0 Å². The van der Waals surface area contributed by atoms with Crippen LogP contribution in [0.4, 0.5) is 0 Å². The highest BCUT2D eigenvalue weighted by Crippen LogP contribution is 2.32. The number of para-hydroxylation sites is 1. The van der Waals surface area contributed by atoms with Crippen molar-refractivity contribution in [1.29, 1.82) is 0 Å². The molecule has 0 aliphatic carbocycles. The molecule has 1 saturated heterocycles. The Kier molecular flexibility index (Phi) is 2.54. The zero-order chi connectivity index (χ0) is 10.9. The third kappa shape index (κ3) is 2.06. The molecule has 0 radical (unpaired) electrons. The van der Waals surface area contributed by atoms with Crippen molar-refractivity contribution in [2.45, 2.75) is 18.4 Å². The van der Waals surface area contributed by atoms with E-state index in [2.05, 4.69) is 5.32 Å². The number of aromatic hydroxyl groups is 2. The standard InChI is InChI=1S/C11H15NO3/c13-9-3-1-2-8(10(9)14)6-11(15)4-5-12-7-11/h1-3,12-15H,4-7H2. The average Bonchev–Trinajstić information content (AvgIpc) is 2.60. The molecule has 0 spiro atoms. The average molecular weight is 209 g/mol. The smallest absolute Gasteiger partial charge is 0.160 e. The van der Waals surface area contributed by atoms with Crippen molar-refractivity contribution in [3.05, 3.63) is 23.8 Å². The van der Waals surface area contributed by atoms with Gasteiger partial charge in [-0.25, -0.2) is 0 Å². The first kappa shape index (κ1) is 10.3. The lowest BCUT2D eigenvalue weighted by atomic mass is 9.93. The van der Waals surface area contributed by atoms with Gasteiger partial charge in [-0.05, 0) is 19.0 Å². The van der Waals surface area contributed by atoms with E-state index in [1.54, 1.807) is 12.1 Å². The van der Waals surface area contributed by atoms with Crippen molar-refractivity contribution in [2.75, 3.05) is 13.1 Å². The van der Waals surface area contributed by atoms with Crippen LogP contribution in [-0.4, -0.2) is 34.0 Å². The van der Waals surface area contributed by atoms with E-state index in [-0.39, 0.29) is 11.5 Å². The third-order valence-electron chi connectivity index (χ3n) is 2.84. The van der Waals surface area contributed by atoms with E-state index in [1.165, 1.54) is 6.07 Å². The number of hydrogen-bond donors (Lipinski definition) is 4. The molecule has 2 rings (SSSR count). The number of phenols is 2. The maximum absolute atomic E-state index is 10.1. The maximum atomic E-state index is 10.1. The highest BCUT2D eigenvalue weighted by atomic mass is 16.3. The number of phenolic OH excluding ortho intramolecular Hbond substituents is 2. The van der Waals surface area contributed by atoms with Crippen molar-refractivity contribution in [2.24, 2.45) is 0 Å². The van der Waals surface area contributed by atoms with E-state index in [0.29, 0.717) is 24.9 Å². The number of rotatable bonds is 2. The zero-order valence-corrected chi connectivity index (χ0v) is 8.40. The zero-order valence-electron chi connectivity index (χ0n) is 8.40. The van der Waals surface area contributed by atoms with Crippen molar-refractivity contribution in [3.8, 4) is 11.5 Å². The van der Waals surface area contributed by atoms with Gasteiger partial charge in [0.1, 0.15) is 0 Å². The molecule has 4 N–H and O–H groups in total. The molecule has 1 aromatic carbocycles. The van der Waals surface area contributed by atoms with Crippen LogP contribution < -0.4 is 5.32 Å². The van der Waals surface area contributed by atoms with Gasteiger partial charge in [-0.3, -0.25) is 0 Å². The van der Waals surface area contributed by atoms with E-state index in [1.807, 2.05) is 0 Å². The second kappa shape index (κ2) is 3.72. The Morgan fingerprint density at radius 3 is 2.80 bits per heavy atom. The monoisotopic (exact) mass is 209 g/mol. The lowest BCUT2D eigenvalue weighted by Crippen LogP contribution is -2.33. The minimum absolute atomic E-state index is 0.127. The van der Waals surface area contributed by atoms with Crippen LogP contribution in [0.2, 0.25) is 0 Å². The molecular formula is C11H15NO3. The second-order valence-corrected chi connectivity index (χ2v) is 4.11. The van der Waals surface area contributed by atoms with Gasteiger partial charge < -0.3 is 20.6 Å². The molecule has 1 unspecified atom stereocenters. The van der Waals surface area contributed by atoms with Crippen LogP contribution in [-0.2, 0) is 6.42 Å². The molecule has 1 atom stereocenters. The lowest BCUT2D eigenvalue weighted by Gasteiger charge is -2.21. The summed E-state index contributed by atoms with van der Waals surface area (Å²) in [7, 11) is 0. The Balaban J connectivity index is 2.20. The van der Waals surface area contributed by atoms with Crippen molar-refractivity contribution in [3.63, 3.8) is 0 Å². The SMILES string of the molecule is Oc1cccc(CC2(O)CCNC2)c1O. The van der Waals surface area contributed by atoms with Crippen molar-refractivity contribution >= 4 is 0 Å². The van der Waals surface area contributed by atoms with Gasteiger partial charge in [-0.1, -0.05) is 12.1 Å². The molecule has 0 aromatic heterocycles. The maximum Gasteiger partial charge on any atom is 0.160 e. The third-order valence-corrected chi connectivity index (χ3v) is 2.84. The summed E-state index contributed by atoms with van der Waals surface area (Å²) in [5, 5.41) is 32.1. The Morgan fingerprint density at radius 2 is 2.13 bits per heavy atom. The van der Waals surface area contributed by atoms with Crippen LogP contribution in [0.1, 0.15) is 12.0 Å². The largest absolute Gasteiger partial charge is 0.504 e. The van der Waals surface area contributed by atoms with Gasteiger partial charge in [0.15, 0.2) is 11.5 Å². The molecule has 1 aliphatic rings. The van der Waals surface area contributed by atoms with E-state index < -0.39 is 5.60 Å². The Labute approximate surface area is 88.2 Å². The molecule has 4 nitrogen and oxygen atoms in total. The van der Waals surface area contributed by atoms with Crippen molar-refractivity contribution in [1.82, 2.24) is 5.32 Å². The number of nitrogens with one attached hydrogen (secondary N) is 1. The Bertz CT molecular complexity index is 359. The van der Waals surface area contributed by atoms with Gasteiger partial charge in [0, 0.05) is 18.5 Å². The minimum Gasteiger partial charge on any atom is -0.504 e. The fourth-order valence-corrected chi connectivity index (χ4v) is 1.96. The number of β-amino-alcohol motifs (C(OH)–C–C–N with tert-alkyl or cyclic N) is 1. The summed E-state index contributed by atoms with van der Waals surface area (Å²) in [6.45, 7) is 1.32. The fourth-order valence-electron chi connectivity index (χ4n) is 1.96. The highest BCUT2D eigenvalue weighted by Gasteiger charge is 2.32. The van der Waals surface area contributed by atoms with Crippen LogP contribution in [0.3, 0.4) is 0 Å². The molecule has 4 heteroatoms. The summed E-state index contributed by atoms with van der Waals surface area (Å²) in [6, 6.07) is 4.80. The van der Waals surface area contributed by atoms with Crippen molar-refractivity contribution < 1.29 is 15.3 Å². The summed E-state index contributed by atoms with van der Waals surface area (Å²) >= 11 is 0. The molecule has 82 valence electrons. The molecule has 0 amide bonds. The predicted octanol–water partition coefficient (Wildman–Crippen LogP) is 0.365. The Morgan fingerprint density at radius 1 is 1.33 bits per heavy atom. The van der Waals surface area contributed by atoms with Crippen LogP contribution in [0.5, 0.6) is 11.5 Å². The molecular weight excluding hydrogens is 194 g/mol. The van der Waals surface area contributed by atoms with Crippen LogP contribution in [0.25, 0.3) is 0 Å². The first-order valence-corrected chi connectivity index (χ1v) is 5.04. The van der Waals surface area contributed by atoms with Gasteiger partial charge >= 0.3 is 0 Å². The minimum atomic E-state index is -0.800. The number of benzene rings is 1. The van der Waals surface area contributed by atoms with Crippen LogP contribution in [0.15, 0.2) is 18.2 Å². The molecule has 15 heavy (non-hydrogen) atoms. The van der Waals surface area contributed by atoms with Crippen LogP contribution >= 0.6 is 0 Å². The van der Waals surface area contributed by atoms with Gasteiger partial charge in [-0.15, -0.1) is 0 Å². The molecule has 1 aliphatic heterocycles. The summed E-state index contributed by atoms with van der Waals surface area (Å²) < 4.78 is 0. The highest BCUT2D eigenvalue weighted by molar-refractivity contribution is 5.45. The quantitative estimate of drug-likeness (QED) is 0.531. The topological polar surface area (TPSA) is 72.7 Å². The van der Waals surface area contributed by atoms with Gasteiger partial charge in [0.2, 0.25) is 0 Å². The predicted molar refractivity (Wildman–Crippen MR) is 55.9 cm³/mol. The first-order valence-electron chi connectivity index (χ1n) is 5.04. The summed E-state index contributed by atoms with van der Waals surface area (Å²) in [6.07, 6.45) is 1.03. The number of aliphatic hydroxyl groups is 1.